The summed E-state index contributed by atoms with van der Waals surface area (Å²) in [5, 5.41) is 2.85. The van der Waals surface area contributed by atoms with Gasteiger partial charge < -0.3 is 5.32 Å². The number of aryl methyl sites for hydroxylation is 2. The Hall–Kier alpha value is -2.23. The molecule has 4 nitrogen and oxygen atoms in total. The summed E-state index contributed by atoms with van der Waals surface area (Å²) in [6.45, 7) is 4.37. The molecular weight excluding hydrogens is 226 g/mol. The molecule has 92 valence electrons. The van der Waals surface area contributed by atoms with Gasteiger partial charge in [0, 0.05) is 12.2 Å². The van der Waals surface area contributed by atoms with Crippen LogP contribution in [0.3, 0.4) is 0 Å². The summed E-state index contributed by atoms with van der Waals surface area (Å²) < 4.78 is 0. The maximum absolute atomic E-state index is 11.9. The molecule has 0 spiro atoms. The predicted octanol–water partition coefficient (Wildman–Crippen LogP) is 2.02. The summed E-state index contributed by atoms with van der Waals surface area (Å²) in [4.78, 5) is 19.8. The summed E-state index contributed by atoms with van der Waals surface area (Å²) in [5.74, 6) is -0.177. The lowest BCUT2D eigenvalue weighted by atomic mass is 10.1. The number of carbonyl (C=O) groups excluding carboxylic acids is 1. The second-order valence-corrected chi connectivity index (χ2v) is 4.15. The highest BCUT2D eigenvalue weighted by molar-refractivity contribution is 5.92. The maximum Gasteiger partial charge on any atom is 0.270 e. The topological polar surface area (TPSA) is 54.9 Å². The molecule has 0 radical (unpaired) electrons. The van der Waals surface area contributed by atoms with Crippen molar-refractivity contribution in [2.45, 2.75) is 20.4 Å². The number of carbonyl (C=O) groups is 1. The zero-order valence-corrected chi connectivity index (χ0v) is 10.5. The highest BCUT2D eigenvalue weighted by Crippen LogP contribution is 2.06. The average molecular weight is 241 g/mol. The molecule has 2 aromatic rings. The molecule has 1 heterocycles. The van der Waals surface area contributed by atoms with E-state index in [1.54, 1.807) is 6.07 Å². The van der Waals surface area contributed by atoms with Crippen molar-refractivity contribution in [3.05, 3.63) is 59.2 Å². The molecule has 18 heavy (non-hydrogen) atoms. The first-order valence-electron chi connectivity index (χ1n) is 5.78. The van der Waals surface area contributed by atoms with Crippen LogP contribution in [0.15, 0.2) is 36.7 Å². The Labute approximate surface area is 106 Å². The molecular formula is C14H15N3O. The molecule has 0 aliphatic heterocycles. The fourth-order valence-electron chi connectivity index (χ4n) is 1.65. The fraction of sp³-hybridized carbons (Fsp3) is 0.214. The lowest BCUT2D eigenvalue weighted by Crippen LogP contribution is -2.24. The molecule has 2 rings (SSSR count). The maximum atomic E-state index is 11.9. The van der Waals surface area contributed by atoms with Gasteiger partial charge in [-0.1, -0.05) is 24.3 Å². The molecule has 4 heteroatoms. The Morgan fingerprint density at radius 2 is 2.00 bits per heavy atom. The third-order valence-electron chi connectivity index (χ3n) is 2.74. The van der Waals surface area contributed by atoms with E-state index >= 15 is 0 Å². The minimum absolute atomic E-state index is 0.177. The number of hydrogen-bond donors (Lipinski definition) is 1. The zero-order chi connectivity index (χ0) is 13.0. The van der Waals surface area contributed by atoms with Gasteiger partial charge >= 0.3 is 0 Å². The normalized spacial score (nSPS) is 10.1. The minimum atomic E-state index is -0.177. The van der Waals surface area contributed by atoms with Crippen LogP contribution in [0.25, 0.3) is 0 Å². The van der Waals surface area contributed by atoms with Gasteiger partial charge in [0.15, 0.2) is 0 Å². The number of rotatable bonds is 3. The van der Waals surface area contributed by atoms with Crippen molar-refractivity contribution in [3.8, 4) is 0 Å². The number of nitrogens with one attached hydrogen (secondary N) is 1. The summed E-state index contributed by atoms with van der Waals surface area (Å²) in [6.07, 6.45) is 1.40. The van der Waals surface area contributed by atoms with Gasteiger partial charge in [-0.05, 0) is 31.0 Å². The van der Waals surface area contributed by atoms with Crippen LogP contribution in [0.5, 0.6) is 0 Å². The number of amides is 1. The molecule has 0 aliphatic rings. The van der Waals surface area contributed by atoms with Gasteiger partial charge in [0.05, 0.1) is 0 Å². The first-order valence-corrected chi connectivity index (χ1v) is 5.78. The molecule has 0 saturated heterocycles. The van der Waals surface area contributed by atoms with Crippen LogP contribution in [-0.2, 0) is 6.54 Å². The van der Waals surface area contributed by atoms with E-state index in [2.05, 4.69) is 15.3 Å². The SMILES string of the molecule is Cc1cc(C(=O)NCc2ccccc2C)ncn1. The van der Waals surface area contributed by atoms with Crippen LogP contribution in [0.1, 0.15) is 27.3 Å². The largest absolute Gasteiger partial charge is 0.347 e. The molecule has 0 aliphatic carbocycles. The molecule has 1 amide bonds. The van der Waals surface area contributed by atoms with E-state index in [0.717, 1.165) is 16.8 Å². The highest BCUT2D eigenvalue weighted by atomic mass is 16.1. The van der Waals surface area contributed by atoms with Gasteiger partial charge in [0.25, 0.3) is 5.91 Å². The zero-order valence-electron chi connectivity index (χ0n) is 10.5. The van der Waals surface area contributed by atoms with Crippen LogP contribution in [-0.4, -0.2) is 15.9 Å². The monoisotopic (exact) mass is 241 g/mol. The van der Waals surface area contributed by atoms with E-state index < -0.39 is 0 Å². The third-order valence-corrected chi connectivity index (χ3v) is 2.74. The number of aromatic nitrogens is 2. The van der Waals surface area contributed by atoms with E-state index in [9.17, 15) is 4.79 Å². The Kier molecular flexibility index (Phi) is 3.67. The predicted molar refractivity (Wildman–Crippen MR) is 69.1 cm³/mol. The van der Waals surface area contributed by atoms with Crippen LogP contribution < -0.4 is 5.32 Å². The van der Waals surface area contributed by atoms with E-state index in [0.29, 0.717) is 12.2 Å². The van der Waals surface area contributed by atoms with E-state index in [4.69, 9.17) is 0 Å². The second-order valence-electron chi connectivity index (χ2n) is 4.15. The van der Waals surface area contributed by atoms with Crippen molar-refractivity contribution < 1.29 is 4.79 Å². The van der Waals surface area contributed by atoms with E-state index in [-0.39, 0.29) is 5.91 Å². The Morgan fingerprint density at radius 1 is 1.22 bits per heavy atom. The molecule has 0 atom stereocenters. The summed E-state index contributed by atoms with van der Waals surface area (Å²) >= 11 is 0. The average Bonchev–Trinajstić information content (AvgIpc) is 2.37. The lowest BCUT2D eigenvalue weighted by Gasteiger charge is -2.07. The van der Waals surface area contributed by atoms with Gasteiger partial charge in [0.1, 0.15) is 12.0 Å². The van der Waals surface area contributed by atoms with Crippen molar-refractivity contribution in [2.75, 3.05) is 0 Å². The number of nitrogens with zero attached hydrogens (tertiary/aromatic N) is 2. The number of hydrogen-bond acceptors (Lipinski definition) is 3. The first-order chi connectivity index (χ1) is 8.66. The lowest BCUT2D eigenvalue weighted by molar-refractivity contribution is 0.0945. The van der Waals surface area contributed by atoms with Crippen molar-refractivity contribution in [2.24, 2.45) is 0 Å². The first kappa shape index (κ1) is 12.2. The molecule has 0 saturated carbocycles. The van der Waals surface area contributed by atoms with Crippen molar-refractivity contribution >= 4 is 5.91 Å². The van der Waals surface area contributed by atoms with Gasteiger partial charge in [-0.25, -0.2) is 9.97 Å². The standard InChI is InChI=1S/C14H15N3O/c1-10-5-3-4-6-12(10)8-15-14(18)13-7-11(2)16-9-17-13/h3-7,9H,8H2,1-2H3,(H,15,18). The van der Waals surface area contributed by atoms with Crippen LogP contribution in [0.2, 0.25) is 0 Å². The summed E-state index contributed by atoms with van der Waals surface area (Å²) in [6, 6.07) is 9.64. The van der Waals surface area contributed by atoms with Gasteiger partial charge in [-0.3, -0.25) is 4.79 Å². The second kappa shape index (κ2) is 5.40. The Bertz CT molecular complexity index is 566. The summed E-state index contributed by atoms with van der Waals surface area (Å²) in [5.41, 5.74) is 3.45. The van der Waals surface area contributed by atoms with Crippen LogP contribution in [0.4, 0.5) is 0 Å². The third kappa shape index (κ3) is 2.91. The smallest absolute Gasteiger partial charge is 0.270 e. The summed E-state index contributed by atoms with van der Waals surface area (Å²) in [7, 11) is 0. The van der Waals surface area contributed by atoms with Crippen molar-refractivity contribution in [1.29, 1.82) is 0 Å². The van der Waals surface area contributed by atoms with Crippen molar-refractivity contribution in [3.63, 3.8) is 0 Å². The fourth-order valence-corrected chi connectivity index (χ4v) is 1.65. The van der Waals surface area contributed by atoms with Crippen LogP contribution >= 0.6 is 0 Å². The van der Waals surface area contributed by atoms with Crippen molar-refractivity contribution in [1.82, 2.24) is 15.3 Å². The number of benzene rings is 1. The van der Waals surface area contributed by atoms with E-state index in [1.807, 2.05) is 38.1 Å². The van der Waals surface area contributed by atoms with Crippen LogP contribution in [0, 0.1) is 13.8 Å². The molecule has 1 N–H and O–H groups in total. The van der Waals surface area contributed by atoms with Gasteiger partial charge in [-0.2, -0.15) is 0 Å². The molecule has 0 fully saturated rings. The van der Waals surface area contributed by atoms with Gasteiger partial charge in [-0.15, -0.1) is 0 Å². The quantitative estimate of drug-likeness (QED) is 0.894. The molecule has 0 bridgehead atoms. The highest BCUT2D eigenvalue weighted by Gasteiger charge is 2.07. The molecule has 1 aromatic carbocycles. The minimum Gasteiger partial charge on any atom is -0.347 e. The molecule has 1 aromatic heterocycles. The Morgan fingerprint density at radius 3 is 2.72 bits per heavy atom. The molecule has 0 unspecified atom stereocenters. The Balaban J connectivity index is 2.03. The van der Waals surface area contributed by atoms with Gasteiger partial charge in [0.2, 0.25) is 0 Å². The van der Waals surface area contributed by atoms with E-state index in [1.165, 1.54) is 6.33 Å².